The van der Waals surface area contributed by atoms with E-state index in [0.717, 1.165) is 0 Å². The van der Waals surface area contributed by atoms with Gasteiger partial charge >= 0.3 is 0 Å². The van der Waals surface area contributed by atoms with Gasteiger partial charge in [-0.2, -0.15) is 0 Å². The molecule has 0 radical (unpaired) electrons. The molecular weight excluding hydrogens is 393 g/mol. The Kier molecular flexibility index (Phi) is 5.53. The molecule has 0 spiro atoms. The molecular formula is C18H15Cl2N3O4. The van der Waals surface area contributed by atoms with Crippen LogP contribution in [-0.2, 0) is 9.59 Å². The van der Waals surface area contributed by atoms with E-state index >= 15 is 0 Å². The second-order valence-corrected chi connectivity index (χ2v) is 6.70. The van der Waals surface area contributed by atoms with Crippen molar-refractivity contribution < 1.29 is 19.1 Å². The number of nitrogens with one attached hydrogen (secondary N) is 2. The van der Waals surface area contributed by atoms with E-state index in [1.807, 2.05) is 0 Å². The fraction of sp³-hybridized carbons (Fsp3) is 0.167. The van der Waals surface area contributed by atoms with Gasteiger partial charge in [-0.05, 0) is 36.4 Å². The minimum atomic E-state index is -0.390. The van der Waals surface area contributed by atoms with Crippen molar-refractivity contribution in [1.29, 1.82) is 0 Å². The SMILES string of the molecule is CN(CC(=O)Nc1ccc(Cl)c(Cl)c1)C(=O)c1ccc2c(c1)NC(=O)CO2. The van der Waals surface area contributed by atoms with E-state index in [1.54, 1.807) is 24.3 Å². The number of ether oxygens (including phenoxy) is 1. The molecule has 1 aliphatic heterocycles. The number of fused-ring (bicyclic) bond motifs is 1. The Bertz CT molecular complexity index is 933. The molecule has 140 valence electrons. The Morgan fingerprint density at radius 1 is 1.19 bits per heavy atom. The number of amides is 3. The number of hydrogen-bond donors (Lipinski definition) is 2. The zero-order valence-electron chi connectivity index (χ0n) is 14.2. The average molecular weight is 408 g/mol. The smallest absolute Gasteiger partial charge is 0.262 e. The van der Waals surface area contributed by atoms with Crippen LogP contribution in [0.2, 0.25) is 10.0 Å². The van der Waals surface area contributed by atoms with Gasteiger partial charge in [0.2, 0.25) is 5.91 Å². The first-order valence-electron chi connectivity index (χ1n) is 7.90. The highest BCUT2D eigenvalue weighted by atomic mass is 35.5. The molecule has 3 amide bonds. The molecule has 0 aromatic heterocycles. The van der Waals surface area contributed by atoms with Crippen LogP contribution in [-0.4, -0.2) is 42.8 Å². The maximum absolute atomic E-state index is 12.6. The molecule has 0 atom stereocenters. The Morgan fingerprint density at radius 3 is 2.70 bits per heavy atom. The van der Waals surface area contributed by atoms with E-state index in [4.69, 9.17) is 27.9 Å². The van der Waals surface area contributed by atoms with Gasteiger partial charge in [0.1, 0.15) is 5.75 Å². The summed E-state index contributed by atoms with van der Waals surface area (Å²) in [6.45, 7) is -0.228. The molecule has 2 N–H and O–H groups in total. The fourth-order valence-corrected chi connectivity index (χ4v) is 2.80. The summed E-state index contributed by atoms with van der Waals surface area (Å²) in [4.78, 5) is 37.4. The van der Waals surface area contributed by atoms with Gasteiger partial charge in [0.05, 0.1) is 22.3 Å². The molecule has 0 unspecified atom stereocenters. The number of carbonyl (C=O) groups excluding carboxylic acids is 3. The Morgan fingerprint density at radius 2 is 1.96 bits per heavy atom. The van der Waals surface area contributed by atoms with Crippen molar-refractivity contribution in [2.75, 3.05) is 30.8 Å². The first-order valence-corrected chi connectivity index (χ1v) is 8.66. The summed E-state index contributed by atoms with van der Waals surface area (Å²) in [6.07, 6.45) is 0. The van der Waals surface area contributed by atoms with Gasteiger partial charge in [0.15, 0.2) is 6.61 Å². The zero-order chi connectivity index (χ0) is 19.6. The third kappa shape index (κ3) is 4.50. The van der Waals surface area contributed by atoms with Crippen LogP contribution in [0.3, 0.4) is 0 Å². The molecule has 1 heterocycles. The number of carbonyl (C=O) groups is 3. The highest BCUT2D eigenvalue weighted by Gasteiger charge is 2.20. The third-order valence-corrected chi connectivity index (χ3v) is 4.53. The second-order valence-electron chi connectivity index (χ2n) is 5.89. The largest absolute Gasteiger partial charge is 0.482 e. The molecule has 2 aromatic rings. The van der Waals surface area contributed by atoms with Gasteiger partial charge in [-0.1, -0.05) is 23.2 Å². The lowest BCUT2D eigenvalue weighted by Crippen LogP contribution is -2.35. The number of anilines is 2. The summed E-state index contributed by atoms with van der Waals surface area (Å²) < 4.78 is 5.26. The Balaban J connectivity index is 1.65. The first-order chi connectivity index (χ1) is 12.8. The first kappa shape index (κ1) is 19.0. The highest BCUT2D eigenvalue weighted by Crippen LogP contribution is 2.29. The number of hydrogen-bond acceptors (Lipinski definition) is 4. The summed E-state index contributed by atoms with van der Waals surface area (Å²) in [7, 11) is 1.51. The van der Waals surface area contributed by atoms with Gasteiger partial charge in [0, 0.05) is 18.3 Å². The monoisotopic (exact) mass is 407 g/mol. The van der Waals surface area contributed by atoms with E-state index in [9.17, 15) is 14.4 Å². The number of halogens is 2. The lowest BCUT2D eigenvalue weighted by atomic mass is 10.1. The molecule has 3 rings (SSSR count). The molecule has 0 fully saturated rings. The topological polar surface area (TPSA) is 87.7 Å². The van der Waals surface area contributed by atoms with Crippen molar-refractivity contribution in [3.8, 4) is 5.75 Å². The van der Waals surface area contributed by atoms with Gasteiger partial charge in [0.25, 0.3) is 11.8 Å². The fourth-order valence-electron chi connectivity index (χ4n) is 2.50. The van der Waals surface area contributed by atoms with E-state index in [0.29, 0.717) is 32.7 Å². The van der Waals surface area contributed by atoms with Gasteiger partial charge < -0.3 is 20.3 Å². The van der Waals surface area contributed by atoms with Crippen molar-refractivity contribution in [3.05, 3.63) is 52.0 Å². The van der Waals surface area contributed by atoms with Crippen molar-refractivity contribution in [2.45, 2.75) is 0 Å². The van der Waals surface area contributed by atoms with Crippen LogP contribution in [0.5, 0.6) is 5.75 Å². The maximum Gasteiger partial charge on any atom is 0.262 e. The predicted molar refractivity (Wildman–Crippen MR) is 103 cm³/mol. The number of benzene rings is 2. The zero-order valence-corrected chi connectivity index (χ0v) is 15.7. The third-order valence-electron chi connectivity index (χ3n) is 3.79. The average Bonchev–Trinajstić information content (AvgIpc) is 2.63. The van der Waals surface area contributed by atoms with Crippen molar-refractivity contribution in [3.63, 3.8) is 0 Å². The summed E-state index contributed by atoms with van der Waals surface area (Å²) in [5.41, 5.74) is 1.22. The van der Waals surface area contributed by atoms with Crippen LogP contribution in [0.4, 0.5) is 11.4 Å². The molecule has 0 saturated carbocycles. The van der Waals surface area contributed by atoms with Crippen LogP contribution in [0, 0.1) is 0 Å². The Hall–Kier alpha value is -2.77. The van der Waals surface area contributed by atoms with E-state index < -0.39 is 0 Å². The minimum Gasteiger partial charge on any atom is -0.482 e. The molecule has 7 nitrogen and oxygen atoms in total. The predicted octanol–water partition coefficient (Wildman–Crippen LogP) is 3.04. The Labute approximate surface area is 165 Å². The standard InChI is InChI=1S/C18H15Cl2N3O4/c1-23(8-16(24)21-11-3-4-12(19)13(20)7-11)18(26)10-2-5-15-14(6-10)22-17(25)9-27-15/h2-7H,8-9H2,1H3,(H,21,24)(H,22,25). The summed E-state index contributed by atoms with van der Waals surface area (Å²) >= 11 is 11.8. The summed E-state index contributed by atoms with van der Waals surface area (Å²) in [5.74, 6) is -0.562. The van der Waals surface area contributed by atoms with Crippen LogP contribution in [0.1, 0.15) is 10.4 Å². The molecule has 0 aliphatic carbocycles. The van der Waals surface area contributed by atoms with Crippen LogP contribution < -0.4 is 15.4 Å². The summed E-state index contributed by atoms with van der Waals surface area (Å²) in [6, 6.07) is 9.40. The minimum absolute atomic E-state index is 0.0604. The molecule has 27 heavy (non-hydrogen) atoms. The summed E-state index contributed by atoms with van der Waals surface area (Å²) in [5, 5.41) is 5.99. The number of nitrogens with zero attached hydrogens (tertiary/aromatic N) is 1. The van der Waals surface area contributed by atoms with Gasteiger partial charge in [-0.25, -0.2) is 0 Å². The van der Waals surface area contributed by atoms with Crippen molar-refractivity contribution >= 4 is 52.3 Å². The second kappa shape index (κ2) is 7.85. The lowest BCUT2D eigenvalue weighted by molar-refractivity contribution is -0.118. The molecule has 0 saturated heterocycles. The van der Waals surface area contributed by atoms with E-state index in [1.165, 1.54) is 24.1 Å². The quantitative estimate of drug-likeness (QED) is 0.814. The van der Waals surface area contributed by atoms with E-state index in [-0.39, 0.29) is 30.9 Å². The van der Waals surface area contributed by atoms with E-state index in [2.05, 4.69) is 10.6 Å². The van der Waals surface area contributed by atoms with Crippen LogP contribution in [0.15, 0.2) is 36.4 Å². The molecule has 1 aliphatic rings. The molecule has 2 aromatic carbocycles. The maximum atomic E-state index is 12.6. The molecule has 9 heteroatoms. The number of rotatable bonds is 4. The van der Waals surface area contributed by atoms with Crippen molar-refractivity contribution in [1.82, 2.24) is 4.90 Å². The van der Waals surface area contributed by atoms with Gasteiger partial charge in [-0.3, -0.25) is 14.4 Å². The van der Waals surface area contributed by atoms with Crippen molar-refractivity contribution in [2.24, 2.45) is 0 Å². The van der Waals surface area contributed by atoms with Gasteiger partial charge in [-0.15, -0.1) is 0 Å². The van der Waals surface area contributed by atoms with Crippen LogP contribution >= 0.6 is 23.2 Å². The lowest BCUT2D eigenvalue weighted by Gasteiger charge is -2.20. The highest BCUT2D eigenvalue weighted by molar-refractivity contribution is 6.42. The van der Waals surface area contributed by atoms with Crippen LogP contribution in [0.25, 0.3) is 0 Å². The number of likely N-dealkylation sites (N-methyl/N-ethyl adjacent to an activating group) is 1. The molecule has 0 bridgehead atoms. The normalized spacial score (nSPS) is 12.5.